The van der Waals surface area contributed by atoms with Crippen LogP contribution < -0.4 is 10.6 Å². The molecule has 0 radical (unpaired) electrons. The van der Waals surface area contributed by atoms with Gasteiger partial charge in [-0.3, -0.25) is 9.78 Å². The summed E-state index contributed by atoms with van der Waals surface area (Å²) < 4.78 is 0.946. The van der Waals surface area contributed by atoms with Crippen molar-refractivity contribution in [3.63, 3.8) is 0 Å². The van der Waals surface area contributed by atoms with Gasteiger partial charge < -0.3 is 10.6 Å². The zero-order valence-corrected chi connectivity index (χ0v) is 14.9. The molecule has 0 aliphatic heterocycles. The maximum Gasteiger partial charge on any atom is 0.229 e. The predicted molar refractivity (Wildman–Crippen MR) is 100 cm³/mol. The van der Waals surface area contributed by atoms with Crippen molar-refractivity contribution < 1.29 is 4.79 Å². The van der Waals surface area contributed by atoms with Gasteiger partial charge in [0.25, 0.3) is 0 Å². The van der Waals surface area contributed by atoms with Crippen LogP contribution in [0, 0.1) is 0 Å². The Morgan fingerprint density at radius 3 is 2.44 bits per heavy atom. The summed E-state index contributed by atoms with van der Waals surface area (Å²) in [6.07, 6.45) is 3.77. The van der Waals surface area contributed by atoms with Crippen molar-refractivity contribution >= 4 is 33.5 Å². The molecule has 0 unspecified atom stereocenters. The minimum atomic E-state index is -0.134. The summed E-state index contributed by atoms with van der Waals surface area (Å²) in [5.41, 5.74) is 2.03. The van der Waals surface area contributed by atoms with Gasteiger partial charge in [-0.25, -0.2) is 0 Å². The van der Waals surface area contributed by atoms with Crippen LogP contribution in [0.25, 0.3) is 0 Å². The Morgan fingerprint density at radius 1 is 0.960 bits per heavy atom. The van der Waals surface area contributed by atoms with Crippen molar-refractivity contribution in [3.8, 4) is 0 Å². The fourth-order valence-electron chi connectivity index (χ4n) is 2.21. The molecule has 3 aromatic rings. The average molecular weight is 398 g/mol. The SMILES string of the molecule is O=C(Cc1cccc(Br)c1)Nc1ccc(NCc2ccncc2)nn1. The zero-order valence-electron chi connectivity index (χ0n) is 13.3. The lowest BCUT2D eigenvalue weighted by Gasteiger charge is -2.07. The van der Waals surface area contributed by atoms with Crippen molar-refractivity contribution in [1.82, 2.24) is 15.2 Å². The van der Waals surface area contributed by atoms with Gasteiger partial charge in [0.05, 0.1) is 6.42 Å². The molecule has 126 valence electrons. The second kappa shape index (κ2) is 8.34. The normalized spacial score (nSPS) is 10.3. The molecule has 1 amide bonds. The van der Waals surface area contributed by atoms with Gasteiger partial charge in [0.2, 0.25) is 5.91 Å². The maximum atomic E-state index is 12.1. The van der Waals surface area contributed by atoms with E-state index < -0.39 is 0 Å². The van der Waals surface area contributed by atoms with Crippen LogP contribution in [0.2, 0.25) is 0 Å². The summed E-state index contributed by atoms with van der Waals surface area (Å²) in [5, 5.41) is 14.0. The van der Waals surface area contributed by atoms with E-state index >= 15 is 0 Å². The first-order valence-electron chi connectivity index (χ1n) is 7.70. The second-order valence-electron chi connectivity index (χ2n) is 5.37. The molecule has 7 heteroatoms. The number of hydrogen-bond acceptors (Lipinski definition) is 5. The van der Waals surface area contributed by atoms with Crippen LogP contribution in [0.5, 0.6) is 0 Å². The van der Waals surface area contributed by atoms with Crippen molar-refractivity contribution in [2.45, 2.75) is 13.0 Å². The van der Waals surface area contributed by atoms with E-state index in [1.807, 2.05) is 36.4 Å². The van der Waals surface area contributed by atoms with Crippen molar-refractivity contribution in [1.29, 1.82) is 0 Å². The molecule has 0 atom stereocenters. The van der Waals surface area contributed by atoms with E-state index in [9.17, 15) is 4.79 Å². The monoisotopic (exact) mass is 397 g/mol. The predicted octanol–water partition coefficient (Wildman–Crippen LogP) is 3.43. The molecule has 3 rings (SSSR count). The number of carbonyl (C=O) groups excluding carboxylic acids is 1. The Hall–Kier alpha value is -2.80. The molecule has 0 saturated heterocycles. The molecule has 2 N–H and O–H groups in total. The van der Waals surface area contributed by atoms with Gasteiger partial charge >= 0.3 is 0 Å². The second-order valence-corrected chi connectivity index (χ2v) is 6.28. The minimum absolute atomic E-state index is 0.134. The first-order valence-corrected chi connectivity index (χ1v) is 8.49. The molecule has 0 bridgehead atoms. The Kier molecular flexibility index (Phi) is 5.69. The lowest BCUT2D eigenvalue weighted by Crippen LogP contribution is -2.16. The molecule has 0 aliphatic rings. The number of rotatable bonds is 6. The van der Waals surface area contributed by atoms with Crippen LogP contribution in [0.3, 0.4) is 0 Å². The molecule has 2 heterocycles. The van der Waals surface area contributed by atoms with Gasteiger partial charge in [0, 0.05) is 23.4 Å². The lowest BCUT2D eigenvalue weighted by molar-refractivity contribution is -0.115. The van der Waals surface area contributed by atoms with E-state index in [2.05, 4.69) is 41.7 Å². The standard InChI is InChI=1S/C18H16BrN5O/c19-15-3-1-2-14(10-15)11-18(25)22-17-5-4-16(23-24-17)21-12-13-6-8-20-9-7-13/h1-10H,11-12H2,(H,21,23)(H,22,24,25). The number of carbonyl (C=O) groups is 1. The summed E-state index contributed by atoms with van der Waals surface area (Å²) in [5.74, 6) is 0.932. The first-order chi connectivity index (χ1) is 12.2. The number of hydrogen-bond donors (Lipinski definition) is 2. The summed E-state index contributed by atoms with van der Waals surface area (Å²) in [7, 11) is 0. The third kappa shape index (κ3) is 5.36. The summed E-state index contributed by atoms with van der Waals surface area (Å²) in [6.45, 7) is 0.631. The third-order valence-electron chi connectivity index (χ3n) is 3.41. The van der Waals surface area contributed by atoms with Gasteiger partial charge in [0.15, 0.2) is 5.82 Å². The van der Waals surface area contributed by atoms with Gasteiger partial charge in [0.1, 0.15) is 5.82 Å². The lowest BCUT2D eigenvalue weighted by atomic mass is 10.1. The van der Waals surface area contributed by atoms with Crippen LogP contribution in [0.1, 0.15) is 11.1 Å². The molecule has 0 aliphatic carbocycles. The Labute approximate surface area is 153 Å². The third-order valence-corrected chi connectivity index (χ3v) is 3.90. The number of nitrogens with zero attached hydrogens (tertiary/aromatic N) is 3. The number of anilines is 2. The molecule has 0 spiro atoms. The summed E-state index contributed by atoms with van der Waals surface area (Å²) in [4.78, 5) is 16.0. The van der Waals surface area contributed by atoms with E-state index in [1.165, 1.54) is 0 Å². The number of aromatic nitrogens is 3. The van der Waals surface area contributed by atoms with Gasteiger partial charge in [-0.2, -0.15) is 0 Å². The quantitative estimate of drug-likeness (QED) is 0.665. The van der Waals surface area contributed by atoms with Crippen molar-refractivity contribution in [2.24, 2.45) is 0 Å². The number of benzene rings is 1. The number of amides is 1. The zero-order chi connectivity index (χ0) is 17.5. The van der Waals surface area contributed by atoms with Gasteiger partial charge in [-0.1, -0.05) is 28.1 Å². The Balaban J connectivity index is 1.52. The first kappa shape index (κ1) is 17.0. The van der Waals surface area contributed by atoms with Crippen LogP contribution in [-0.4, -0.2) is 21.1 Å². The molecule has 0 fully saturated rings. The van der Waals surface area contributed by atoms with E-state index in [-0.39, 0.29) is 12.3 Å². The van der Waals surface area contributed by atoms with E-state index in [1.54, 1.807) is 24.5 Å². The van der Waals surface area contributed by atoms with E-state index in [4.69, 9.17) is 0 Å². The van der Waals surface area contributed by atoms with Crippen LogP contribution in [0.15, 0.2) is 65.4 Å². The minimum Gasteiger partial charge on any atom is -0.365 e. The number of halogens is 1. The van der Waals surface area contributed by atoms with Gasteiger partial charge in [-0.05, 0) is 47.5 Å². The van der Waals surface area contributed by atoms with E-state index in [0.29, 0.717) is 18.2 Å². The fraction of sp³-hybridized carbons (Fsp3) is 0.111. The summed E-state index contributed by atoms with van der Waals surface area (Å²) in [6, 6.07) is 15.0. The molecule has 25 heavy (non-hydrogen) atoms. The van der Waals surface area contributed by atoms with Gasteiger partial charge in [-0.15, -0.1) is 10.2 Å². The highest BCUT2D eigenvalue weighted by Gasteiger charge is 2.06. The van der Waals surface area contributed by atoms with Crippen LogP contribution >= 0.6 is 15.9 Å². The smallest absolute Gasteiger partial charge is 0.229 e. The Bertz CT molecular complexity index is 840. The molecular formula is C18H16BrN5O. The highest BCUT2D eigenvalue weighted by Crippen LogP contribution is 2.13. The molecule has 0 saturated carbocycles. The number of nitrogens with one attached hydrogen (secondary N) is 2. The topological polar surface area (TPSA) is 79.8 Å². The summed E-state index contributed by atoms with van der Waals surface area (Å²) >= 11 is 3.39. The fourth-order valence-corrected chi connectivity index (χ4v) is 2.65. The maximum absolute atomic E-state index is 12.1. The molecule has 2 aromatic heterocycles. The highest BCUT2D eigenvalue weighted by atomic mass is 79.9. The van der Waals surface area contributed by atoms with Crippen LogP contribution in [-0.2, 0) is 17.8 Å². The van der Waals surface area contributed by atoms with Crippen LogP contribution in [0.4, 0.5) is 11.6 Å². The molecule has 1 aromatic carbocycles. The largest absolute Gasteiger partial charge is 0.365 e. The molecular weight excluding hydrogens is 382 g/mol. The van der Waals surface area contributed by atoms with E-state index in [0.717, 1.165) is 15.6 Å². The van der Waals surface area contributed by atoms with Crippen molar-refractivity contribution in [2.75, 3.05) is 10.6 Å². The Morgan fingerprint density at radius 2 is 1.72 bits per heavy atom. The highest BCUT2D eigenvalue weighted by molar-refractivity contribution is 9.10. The number of pyridine rings is 1. The van der Waals surface area contributed by atoms with Crippen molar-refractivity contribution in [3.05, 3.63) is 76.5 Å². The average Bonchev–Trinajstić information content (AvgIpc) is 2.62. The molecule has 6 nitrogen and oxygen atoms in total.